The highest BCUT2D eigenvalue weighted by Gasteiger charge is 2.00. The topological polar surface area (TPSA) is 41.5 Å². The van der Waals surface area contributed by atoms with Gasteiger partial charge in [-0.1, -0.05) is 35.9 Å². The Morgan fingerprint density at radius 3 is 2.62 bits per heavy atom. The van der Waals surface area contributed by atoms with Crippen molar-refractivity contribution in [3.8, 4) is 5.75 Å². The quantitative estimate of drug-likeness (QED) is 0.824. The fraction of sp³-hybridized carbons (Fsp3) is 0.294. The third-order valence-corrected chi connectivity index (χ3v) is 3.24. The second-order valence-corrected chi connectivity index (χ2v) is 5.48. The van der Waals surface area contributed by atoms with E-state index in [9.17, 15) is 5.11 Å². The third kappa shape index (κ3) is 5.76. The number of hydrogen-bond acceptors (Lipinski definition) is 3. The van der Waals surface area contributed by atoms with Gasteiger partial charge in [-0.25, -0.2) is 0 Å². The molecule has 0 amide bonds. The first-order valence-electron chi connectivity index (χ1n) is 6.98. The molecule has 2 aromatic rings. The maximum absolute atomic E-state index is 9.22. The molecule has 112 valence electrons. The van der Waals surface area contributed by atoms with Crippen LogP contribution >= 0.6 is 11.6 Å². The van der Waals surface area contributed by atoms with Crippen molar-refractivity contribution in [2.75, 3.05) is 6.54 Å². The molecule has 0 bridgehead atoms. The lowest BCUT2D eigenvalue weighted by atomic mass is 10.2. The minimum Gasteiger partial charge on any atom is -0.489 e. The van der Waals surface area contributed by atoms with Crippen LogP contribution < -0.4 is 10.1 Å². The predicted octanol–water partition coefficient (Wildman–Crippen LogP) is 3.39. The number of benzene rings is 2. The van der Waals surface area contributed by atoms with E-state index >= 15 is 0 Å². The van der Waals surface area contributed by atoms with Crippen molar-refractivity contribution in [1.82, 2.24) is 5.32 Å². The zero-order chi connectivity index (χ0) is 15.1. The summed E-state index contributed by atoms with van der Waals surface area (Å²) < 4.78 is 5.78. The van der Waals surface area contributed by atoms with Crippen molar-refractivity contribution >= 4 is 11.6 Å². The fourth-order valence-corrected chi connectivity index (χ4v) is 2.04. The smallest absolute Gasteiger partial charge is 0.120 e. The SMILES string of the molecule is C[C@@H](O)CNCc1cccc(OCc2ccc(Cl)cc2)c1. The van der Waals surface area contributed by atoms with Crippen LogP contribution in [0.4, 0.5) is 0 Å². The molecule has 0 saturated carbocycles. The maximum Gasteiger partial charge on any atom is 0.120 e. The van der Waals surface area contributed by atoms with Gasteiger partial charge in [0.25, 0.3) is 0 Å². The van der Waals surface area contributed by atoms with E-state index in [1.54, 1.807) is 6.92 Å². The summed E-state index contributed by atoms with van der Waals surface area (Å²) in [7, 11) is 0. The van der Waals surface area contributed by atoms with Gasteiger partial charge in [-0.2, -0.15) is 0 Å². The lowest BCUT2D eigenvalue weighted by Crippen LogP contribution is -2.23. The average Bonchev–Trinajstić information content (AvgIpc) is 2.47. The number of hydrogen-bond donors (Lipinski definition) is 2. The van der Waals surface area contributed by atoms with Crippen molar-refractivity contribution in [1.29, 1.82) is 0 Å². The Bertz CT molecular complexity index is 555. The number of nitrogens with one attached hydrogen (secondary N) is 1. The van der Waals surface area contributed by atoms with Crippen LogP contribution in [0.15, 0.2) is 48.5 Å². The standard InChI is InChI=1S/C17H20ClNO2/c1-13(20)10-19-11-15-3-2-4-17(9-15)21-12-14-5-7-16(18)8-6-14/h2-9,13,19-20H,10-12H2,1H3/t13-/m1/s1. The molecule has 0 saturated heterocycles. The highest BCUT2D eigenvalue weighted by atomic mass is 35.5. The van der Waals surface area contributed by atoms with Crippen LogP contribution in [0.3, 0.4) is 0 Å². The van der Waals surface area contributed by atoms with Crippen LogP contribution in [0.1, 0.15) is 18.1 Å². The van der Waals surface area contributed by atoms with E-state index in [1.807, 2.05) is 48.5 Å². The monoisotopic (exact) mass is 305 g/mol. The largest absolute Gasteiger partial charge is 0.489 e. The molecule has 21 heavy (non-hydrogen) atoms. The van der Waals surface area contributed by atoms with Gasteiger partial charge in [0, 0.05) is 18.1 Å². The molecule has 2 rings (SSSR count). The molecular weight excluding hydrogens is 286 g/mol. The summed E-state index contributed by atoms with van der Waals surface area (Å²) in [5, 5.41) is 13.1. The number of halogens is 1. The van der Waals surface area contributed by atoms with Gasteiger partial charge in [-0.3, -0.25) is 0 Å². The molecule has 0 fully saturated rings. The van der Waals surface area contributed by atoms with E-state index in [0.29, 0.717) is 19.7 Å². The molecule has 0 radical (unpaired) electrons. The first-order chi connectivity index (χ1) is 10.1. The number of aliphatic hydroxyl groups excluding tert-OH is 1. The summed E-state index contributed by atoms with van der Waals surface area (Å²) in [5.74, 6) is 0.835. The molecule has 0 aromatic heterocycles. The third-order valence-electron chi connectivity index (χ3n) is 2.99. The summed E-state index contributed by atoms with van der Waals surface area (Å²) in [6, 6.07) is 15.6. The van der Waals surface area contributed by atoms with Crippen molar-refractivity contribution in [3.63, 3.8) is 0 Å². The van der Waals surface area contributed by atoms with Gasteiger partial charge in [0.2, 0.25) is 0 Å². The van der Waals surface area contributed by atoms with Crippen molar-refractivity contribution in [2.45, 2.75) is 26.2 Å². The highest BCUT2D eigenvalue weighted by Crippen LogP contribution is 2.16. The van der Waals surface area contributed by atoms with Gasteiger partial charge in [0.15, 0.2) is 0 Å². The summed E-state index contributed by atoms with van der Waals surface area (Å²) in [5.41, 5.74) is 2.21. The first-order valence-corrected chi connectivity index (χ1v) is 7.36. The zero-order valence-electron chi connectivity index (χ0n) is 12.1. The number of aliphatic hydroxyl groups is 1. The van der Waals surface area contributed by atoms with Gasteiger partial charge in [0.05, 0.1) is 6.10 Å². The maximum atomic E-state index is 9.22. The zero-order valence-corrected chi connectivity index (χ0v) is 12.8. The number of rotatable bonds is 7. The van der Waals surface area contributed by atoms with E-state index in [4.69, 9.17) is 16.3 Å². The van der Waals surface area contributed by atoms with Gasteiger partial charge in [-0.15, -0.1) is 0 Å². The van der Waals surface area contributed by atoms with Crippen LogP contribution in [0.25, 0.3) is 0 Å². The normalized spacial score (nSPS) is 12.1. The molecule has 0 unspecified atom stereocenters. The molecule has 3 nitrogen and oxygen atoms in total. The van der Waals surface area contributed by atoms with E-state index in [-0.39, 0.29) is 6.10 Å². The summed E-state index contributed by atoms with van der Waals surface area (Å²) >= 11 is 5.85. The van der Waals surface area contributed by atoms with Gasteiger partial charge in [0.1, 0.15) is 12.4 Å². The fourth-order valence-electron chi connectivity index (χ4n) is 1.92. The van der Waals surface area contributed by atoms with Crippen molar-refractivity contribution in [3.05, 3.63) is 64.7 Å². The van der Waals surface area contributed by atoms with Crippen molar-refractivity contribution in [2.24, 2.45) is 0 Å². The molecule has 0 heterocycles. The van der Waals surface area contributed by atoms with Crippen LogP contribution in [-0.2, 0) is 13.2 Å². The molecule has 2 aromatic carbocycles. The first kappa shape index (κ1) is 15.8. The van der Waals surface area contributed by atoms with Gasteiger partial charge >= 0.3 is 0 Å². The Morgan fingerprint density at radius 1 is 1.14 bits per heavy atom. The van der Waals surface area contributed by atoms with Crippen molar-refractivity contribution < 1.29 is 9.84 Å². The molecule has 4 heteroatoms. The number of ether oxygens (including phenoxy) is 1. The molecule has 1 atom stereocenters. The van der Waals surface area contributed by atoms with E-state index in [0.717, 1.165) is 21.9 Å². The van der Waals surface area contributed by atoms with E-state index in [1.165, 1.54) is 0 Å². The Labute approximate surface area is 130 Å². The average molecular weight is 306 g/mol. The summed E-state index contributed by atoms with van der Waals surface area (Å²) in [6.07, 6.45) is -0.339. The van der Waals surface area contributed by atoms with Gasteiger partial charge in [-0.05, 0) is 42.3 Å². The molecule has 0 aliphatic carbocycles. The highest BCUT2D eigenvalue weighted by molar-refractivity contribution is 6.30. The molecule has 0 aliphatic heterocycles. The minimum atomic E-state index is -0.339. The van der Waals surface area contributed by atoms with E-state index in [2.05, 4.69) is 5.32 Å². The predicted molar refractivity (Wildman–Crippen MR) is 85.6 cm³/mol. The Kier molecular flexibility index (Phi) is 6.05. The minimum absolute atomic E-state index is 0.339. The summed E-state index contributed by atoms with van der Waals surface area (Å²) in [6.45, 7) is 3.57. The Balaban J connectivity index is 1.87. The Morgan fingerprint density at radius 2 is 1.90 bits per heavy atom. The van der Waals surface area contributed by atoms with Crippen LogP contribution in [-0.4, -0.2) is 17.8 Å². The molecule has 0 aliphatic rings. The second-order valence-electron chi connectivity index (χ2n) is 5.04. The molecule has 2 N–H and O–H groups in total. The van der Waals surface area contributed by atoms with Crippen LogP contribution in [0.2, 0.25) is 5.02 Å². The van der Waals surface area contributed by atoms with Crippen LogP contribution in [0.5, 0.6) is 5.75 Å². The lowest BCUT2D eigenvalue weighted by Gasteiger charge is -2.10. The van der Waals surface area contributed by atoms with E-state index < -0.39 is 0 Å². The van der Waals surface area contributed by atoms with Crippen LogP contribution in [0, 0.1) is 0 Å². The lowest BCUT2D eigenvalue weighted by molar-refractivity contribution is 0.191. The second kappa shape index (κ2) is 8.03. The molecular formula is C17H20ClNO2. The summed E-state index contributed by atoms with van der Waals surface area (Å²) in [4.78, 5) is 0. The molecule has 0 spiro atoms. The Hall–Kier alpha value is -1.55. The van der Waals surface area contributed by atoms with Gasteiger partial charge < -0.3 is 15.2 Å².